The highest BCUT2D eigenvalue weighted by Gasteiger charge is 2.24. The zero-order valence-electron chi connectivity index (χ0n) is 37.6. The minimum absolute atomic E-state index is 0.0193. The molecule has 0 spiro atoms. The lowest BCUT2D eigenvalue weighted by Gasteiger charge is -2.31. The quantitative estimate of drug-likeness (QED) is 0.114. The average Bonchev–Trinajstić information content (AvgIpc) is 3.20. The first-order valence-corrected chi connectivity index (χ1v) is 21.6. The van der Waals surface area contributed by atoms with Gasteiger partial charge in [0.05, 0.1) is 0 Å². The molecule has 0 atom stereocenters. The normalized spacial score (nSPS) is 11.4. The molecule has 0 aliphatic carbocycles. The molecular weight excluding hydrogens is 715 g/mol. The molecule has 302 valence electrons. The van der Waals surface area contributed by atoms with E-state index in [1.807, 2.05) is 0 Å². The molecule has 0 unspecified atom stereocenters. The summed E-state index contributed by atoms with van der Waals surface area (Å²) in [6, 6.07) is 46.5. The Labute approximate surface area is 355 Å². The Morgan fingerprint density at radius 3 is 1.07 bits per heavy atom. The highest BCUT2D eigenvalue weighted by Crippen LogP contribution is 2.44. The smallest absolute Gasteiger partial charge is 0.0490 e. The van der Waals surface area contributed by atoms with E-state index in [9.17, 15) is 0 Å². The summed E-state index contributed by atoms with van der Waals surface area (Å²) in [5.74, 6) is 0.0193. The maximum Gasteiger partial charge on any atom is 0.0490 e. The molecular formula is C56H63N3. The number of aryl methyl sites for hydroxylation is 9. The van der Waals surface area contributed by atoms with Crippen molar-refractivity contribution in [3.63, 3.8) is 0 Å². The zero-order valence-corrected chi connectivity index (χ0v) is 37.6. The van der Waals surface area contributed by atoms with Crippen molar-refractivity contribution >= 4 is 44.9 Å². The predicted molar refractivity (Wildman–Crippen MR) is 258 cm³/mol. The summed E-state index contributed by atoms with van der Waals surface area (Å²) in [5.41, 5.74) is 23.2. The Balaban J connectivity index is 1.38. The van der Waals surface area contributed by atoms with Crippen molar-refractivity contribution in [3.8, 4) is 0 Å². The number of fused-ring (bicyclic) bond motifs is 1. The Morgan fingerprint density at radius 1 is 0.373 bits per heavy atom. The fraction of sp³-hybridized carbons (Fsp3) is 0.286. The van der Waals surface area contributed by atoms with Crippen LogP contribution in [0.25, 0.3) is 10.8 Å². The van der Waals surface area contributed by atoms with Crippen LogP contribution in [0.4, 0.5) is 34.1 Å². The zero-order chi connectivity index (χ0) is 42.1. The summed E-state index contributed by atoms with van der Waals surface area (Å²) in [7, 11) is 0. The lowest BCUT2D eigenvalue weighted by atomic mass is 9.82. The Kier molecular flexibility index (Phi) is 12.1. The molecule has 3 heteroatoms. The molecule has 0 amide bonds. The van der Waals surface area contributed by atoms with Crippen LogP contribution >= 0.6 is 0 Å². The lowest BCUT2D eigenvalue weighted by Crippen LogP contribution is -2.19. The van der Waals surface area contributed by atoms with Gasteiger partial charge in [-0.1, -0.05) is 108 Å². The number of rotatable bonds is 12. The van der Waals surface area contributed by atoms with Crippen LogP contribution in [-0.2, 0) is 0 Å². The van der Waals surface area contributed by atoms with E-state index in [1.54, 1.807) is 0 Å². The van der Waals surface area contributed by atoms with Crippen LogP contribution < -0.4 is 14.7 Å². The van der Waals surface area contributed by atoms with E-state index in [2.05, 4.69) is 219 Å². The van der Waals surface area contributed by atoms with Gasteiger partial charge in [0.1, 0.15) is 0 Å². The number of nitrogens with zero attached hydrogens (tertiary/aromatic N) is 3. The number of hydrogen-bond donors (Lipinski definition) is 0. The Bertz CT molecular complexity index is 2440. The van der Waals surface area contributed by atoms with Gasteiger partial charge in [-0.25, -0.2) is 0 Å². The van der Waals surface area contributed by atoms with Gasteiger partial charge in [-0.15, -0.1) is 0 Å². The third kappa shape index (κ3) is 8.00. The fourth-order valence-corrected chi connectivity index (χ4v) is 10.2. The Morgan fingerprint density at radius 2 is 0.712 bits per heavy atom. The molecule has 0 N–H and O–H groups in total. The van der Waals surface area contributed by atoms with Gasteiger partial charge in [0.25, 0.3) is 0 Å². The summed E-state index contributed by atoms with van der Waals surface area (Å²) in [6.45, 7) is 29.5. The van der Waals surface area contributed by atoms with Gasteiger partial charge in [-0.2, -0.15) is 0 Å². The molecule has 0 saturated heterocycles. The van der Waals surface area contributed by atoms with E-state index >= 15 is 0 Å². The first kappa shape index (κ1) is 41.4. The molecule has 0 heterocycles. The molecule has 0 fully saturated rings. The van der Waals surface area contributed by atoms with Crippen LogP contribution in [0.15, 0.2) is 121 Å². The van der Waals surface area contributed by atoms with E-state index in [0.717, 1.165) is 19.6 Å². The molecule has 3 nitrogen and oxygen atoms in total. The molecule has 0 saturated carbocycles. The minimum atomic E-state index is 0.0193. The van der Waals surface area contributed by atoms with Gasteiger partial charge in [-0.3, -0.25) is 0 Å². The average molecular weight is 778 g/mol. The van der Waals surface area contributed by atoms with Gasteiger partial charge >= 0.3 is 0 Å². The summed E-state index contributed by atoms with van der Waals surface area (Å²) in [5, 5.41) is 2.56. The van der Waals surface area contributed by atoms with Crippen molar-refractivity contribution < 1.29 is 0 Å². The van der Waals surface area contributed by atoms with Crippen molar-refractivity contribution in [1.29, 1.82) is 0 Å². The maximum atomic E-state index is 2.51. The third-order valence-corrected chi connectivity index (χ3v) is 12.3. The van der Waals surface area contributed by atoms with E-state index in [1.165, 1.54) is 112 Å². The molecule has 0 aliphatic heterocycles. The second-order valence-electron chi connectivity index (χ2n) is 16.8. The summed E-state index contributed by atoms with van der Waals surface area (Å²) >= 11 is 0. The maximum absolute atomic E-state index is 2.51. The minimum Gasteiger partial charge on any atom is -0.341 e. The second kappa shape index (κ2) is 17.2. The molecule has 0 aliphatic rings. The third-order valence-electron chi connectivity index (χ3n) is 12.3. The number of benzene rings is 7. The second-order valence-corrected chi connectivity index (χ2v) is 16.8. The molecule has 59 heavy (non-hydrogen) atoms. The van der Waals surface area contributed by atoms with E-state index < -0.39 is 0 Å². The lowest BCUT2D eigenvalue weighted by molar-refractivity contribution is 0.968. The fourth-order valence-electron chi connectivity index (χ4n) is 10.2. The SMILES string of the molecule is CCN(c1ccc(C(c2ccc(N(CC)c3c(C)cc(C)cc3C)cc2)c2ccc(N(CC)c3c(C)cc(C)cc3C)c3ccccc23)cc1)c1c(C)cc(C)cc1C. The van der Waals surface area contributed by atoms with Crippen molar-refractivity contribution in [2.45, 2.75) is 89.0 Å². The molecule has 7 aromatic carbocycles. The molecule has 0 radical (unpaired) electrons. The number of hydrogen-bond acceptors (Lipinski definition) is 3. The first-order valence-electron chi connectivity index (χ1n) is 21.6. The summed E-state index contributed by atoms with van der Waals surface area (Å²) < 4.78 is 0. The van der Waals surface area contributed by atoms with Gasteiger partial charge in [0.2, 0.25) is 0 Å². The molecule has 0 bridgehead atoms. The van der Waals surface area contributed by atoms with Crippen molar-refractivity contribution in [2.24, 2.45) is 0 Å². The summed E-state index contributed by atoms with van der Waals surface area (Å²) in [4.78, 5) is 7.44. The van der Waals surface area contributed by atoms with Crippen LogP contribution in [0.1, 0.15) is 93.5 Å². The summed E-state index contributed by atoms with van der Waals surface area (Å²) in [6.07, 6.45) is 0. The van der Waals surface area contributed by atoms with E-state index in [4.69, 9.17) is 0 Å². The van der Waals surface area contributed by atoms with Gasteiger partial charge in [0, 0.05) is 65.1 Å². The number of anilines is 6. The first-order chi connectivity index (χ1) is 28.3. The Hall–Kier alpha value is -5.80. The topological polar surface area (TPSA) is 9.72 Å². The van der Waals surface area contributed by atoms with Crippen molar-refractivity contribution in [2.75, 3.05) is 34.3 Å². The molecule has 0 aromatic heterocycles. The van der Waals surface area contributed by atoms with Crippen LogP contribution in [0.3, 0.4) is 0 Å². The van der Waals surface area contributed by atoms with Crippen LogP contribution in [-0.4, -0.2) is 19.6 Å². The standard InChI is InChI=1S/C56H63N3/c1-13-57(54-39(7)30-36(4)31-40(54)8)47-24-20-45(21-25-47)53(46-22-26-48(27-23-46)58(14-2)55-41(9)32-37(5)33-42(55)10)51-28-29-52(50-19-17-16-18-49(50)51)59(15-3)56-43(11)34-38(6)35-44(56)12/h16-35,53H,13-15H2,1-12H3. The van der Waals surface area contributed by atoms with Crippen LogP contribution in [0.2, 0.25) is 0 Å². The highest BCUT2D eigenvalue weighted by atomic mass is 15.1. The van der Waals surface area contributed by atoms with Crippen LogP contribution in [0, 0.1) is 62.3 Å². The monoisotopic (exact) mass is 778 g/mol. The molecule has 7 aromatic rings. The van der Waals surface area contributed by atoms with Gasteiger partial charge < -0.3 is 14.7 Å². The predicted octanol–water partition coefficient (Wildman–Crippen LogP) is 15.3. The largest absolute Gasteiger partial charge is 0.341 e. The van der Waals surface area contributed by atoms with Crippen molar-refractivity contribution in [1.82, 2.24) is 0 Å². The molecule has 7 rings (SSSR count). The highest BCUT2D eigenvalue weighted by molar-refractivity contribution is 5.99. The van der Waals surface area contributed by atoms with Gasteiger partial charge in [0.15, 0.2) is 0 Å². The van der Waals surface area contributed by atoms with E-state index in [0.29, 0.717) is 0 Å². The van der Waals surface area contributed by atoms with Crippen LogP contribution in [0.5, 0.6) is 0 Å². The van der Waals surface area contributed by atoms with E-state index in [-0.39, 0.29) is 5.92 Å². The van der Waals surface area contributed by atoms with Gasteiger partial charge in [-0.05, 0) is 169 Å². The van der Waals surface area contributed by atoms with Crippen molar-refractivity contribution in [3.05, 3.63) is 188 Å².